The van der Waals surface area contributed by atoms with Gasteiger partial charge in [0, 0.05) is 0 Å². The average molecular weight is 406 g/mol. The lowest BCUT2D eigenvalue weighted by atomic mass is 9.78. The number of rotatable bonds is 3. The third kappa shape index (κ3) is 3.69. The Morgan fingerprint density at radius 2 is 0.968 bits per heavy atom. The van der Waals surface area contributed by atoms with Gasteiger partial charge in [0.05, 0.1) is 11.2 Å². The molecule has 0 aromatic heterocycles. The number of benzene rings is 4. The average Bonchev–Trinajstić information content (AvgIpc) is 3.00. The van der Waals surface area contributed by atoms with E-state index in [9.17, 15) is 0 Å². The summed E-state index contributed by atoms with van der Waals surface area (Å²) in [4.78, 5) is 0. The molecule has 0 saturated carbocycles. The number of hydrogen-bond acceptors (Lipinski definition) is 2. The van der Waals surface area contributed by atoms with Crippen LogP contribution in [-0.4, -0.2) is 18.3 Å². The summed E-state index contributed by atoms with van der Waals surface area (Å²) in [6.07, 6.45) is 0. The minimum Gasteiger partial charge on any atom is -0.399 e. The second kappa shape index (κ2) is 7.37. The molecule has 0 unspecified atom stereocenters. The second-order valence-electron chi connectivity index (χ2n) is 9.35. The van der Waals surface area contributed by atoms with Crippen molar-refractivity contribution in [1.82, 2.24) is 0 Å². The Kier molecular flexibility index (Phi) is 4.77. The van der Waals surface area contributed by atoms with Crippen LogP contribution in [0.4, 0.5) is 0 Å². The third-order valence-electron chi connectivity index (χ3n) is 6.74. The smallest absolute Gasteiger partial charge is 0.399 e. The molecule has 0 atom stereocenters. The molecule has 0 amide bonds. The molecular weight excluding hydrogens is 379 g/mol. The van der Waals surface area contributed by atoms with Gasteiger partial charge in [0.15, 0.2) is 0 Å². The van der Waals surface area contributed by atoms with Crippen LogP contribution < -0.4 is 5.46 Å². The lowest BCUT2D eigenvalue weighted by Crippen LogP contribution is -2.41. The van der Waals surface area contributed by atoms with Gasteiger partial charge in [-0.3, -0.25) is 0 Å². The van der Waals surface area contributed by atoms with Gasteiger partial charge in [0.2, 0.25) is 0 Å². The van der Waals surface area contributed by atoms with Crippen molar-refractivity contribution in [2.45, 2.75) is 38.9 Å². The van der Waals surface area contributed by atoms with Crippen molar-refractivity contribution in [2.24, 2.45) is 0 Å². The molecule has 2 nitrogen and oxygen atoms in total. The van der Waals surface area contributed by atoms with Crippen molar-refractivity contribution < 1.29 is 9.31 Å². The summed E-state index contributed by atoms with van der Waals surface area (Å²) in [5.74, 6) is 0. The topological polar surface area (TPSA) is 18.5 Å². The fourth-order valence-electron chi connectivity index (χ4n) is 4.04. The molecule has 1 saturated heterocycles. The number of hydrogen-bond donors (Lipinski definition) is 0. The zero-order valence-electron chi connectivity index (χ0n) is 18.6. The quantitative estimate of drug-likeness (QED) is 0.363. The van der Waals surface area contributed by atoms with Gasteiger partial charge in [-0.05, 0) is 72.3 Å². The van der Waals surface area contributed by atoms with Crippen LogP contribution >= 0.6 is 0 Å². The van der Waals surface area contributed by atoms with Gasteiger partial charge in [-0.25, -0.2) is 0 Å². The lowest BCUT2D eigenvalue weighted by Gasteiger charge is -2.32. The maximum absolute atomic E-state index is 6.17. The Morgan fingerprint density at radius 3 is 1.55 bits per heavy atom. The fraction of sp³-hybridized carbons (Fsp3) is 0.214. The summed E-state index contributed by atoms with van der Waals surface area (Å²) in [7, 11) is -0.325. The monoisotopic (exact) mass is 406 g/mol. The molecule has 3 heteroatoms. The van der Waals surface area contributed by atoms with E-state index in [2.05, 4.69) is 119 Å². The summed E-state index contributed by atoms with van der Waals surface area (Å²) in [5, 5.41) is 2.53. The van der Waals surface area contributed by atoms with E-state index in [1.54, 1.807) is 0 Å². The van der Waals surface area contributed by atoms with Gasteiger partial charge in [-0.1, -0.05) is 84.9 Å². The van der Waals surface area contributed by atoms with Gasteiger partial charge in [0.25, 0.3) is 0 Å². The molecule has 1 aliphatic rings. The minimum atomic E-state index is -0.325. The van der Waals surface area contributed by atoms with Crippen molar-refractivity contribution in [3.8, 4) is 22.3 Å². The molecule has 4 aromatic rings. The highest BCUT2D eigenvalue weighted by Crippen LogP contribution is 2.36. The molecule has 0 N–H and O–H groups in total. The van der Waals surface area contributed by atoms with Crippen LogP contribution in [0.1, 0.15) is 27.7 Å². The van der Waals surface area contributed by atoms with Crippen LogP contribution in [0.2, 0.25) is 0 Å². The van der Waals surface area contributed by atoms with Gasteiger partial charge < -0.3 is 9.31 Å². The molecule has 0 bridgehead atoms. The molecular formula is C28H27BO2. The van der Waals surface area contributed by atoms with E-state index in [0.717, 1.165) is 5.46 Å². The molecule has 0 spiro atoms. The molecule has 0 radical (unpaired) electrons. The van der Waals surface area contributed by atoms with Crippen LogP contribution in [0.5, 0.6) is 0 Å². The third-order valence-corrected chi connectivity index (χ3v) is 6.74. The van der Waals surface area contributed by atoms with Crippen molar-refractivity contribution in [1.29, 1.82) is 0 Å². The zero-order chi connectivity index (χ0) is 21.6. The maximum atomic E-state index is 6.17. The van der Waals surface area contributed by atoms with Crippen LogP contribution in [0.25, 0.3) is 33.0 Å². The van der Waals surface area contributed by atoms with E-state index in [-0.39, 0.29) is 18.3 Å². The van der Waals surface area contributed by atoms with Crippen molar-refractivity contribution in [2.75, 3.05) is 0 Å². The van der Waals surface area contributed by atoms with E-state index in [0.29, 0.717) is 0 Å². The summed E-state index contributed by atoms with van der Waals surface area (Å²) in [6.45, 7) is 8.33. The Balaban J connectivity index is 1.36. The summed E-state index contributed by atoms with van der Waals surface area (Å²) >= 11 is 0. The largest absolute Gasteiger partial charge is 0.494 e. The molecule has 4 aromatic carbocycles. The standard InChI is InChI=1S/C28H27BO2/c1-27(2)28(3,4)31-29(30-27)26-17-15-22(16-18-26)21-9-11-23(12-10-21)25-14-13-20-7-5-6-8-24(20)19-25/h5-19H,1-4H3. The molecule has 0 aliphatic carbocycles. The highest BCUT2D eigenvalue weighted by Gasteiger charge is 2.51. The minimum absolute atomic E-state index is 0.324. The van der Waals surface area contributed by atoms with E-state index in [1.807, 2.05) is 0 Å². The molecule has 1 aliphatic heterocycles. The van der Waals surface area contributed by atoms with E-state index < -0.39 is 0 Å². The summed E-state index contributed by atoms with van der Waals surface area (Å²) in [6, 6.07) is 32.4. The predicted octanol–water partition coefficient (Wildman–Crippen LogP) is 6.47. The fourth-order valence-corrected chi connectivity index (χ4v) is 4.04. The SMILES string of the molecule is CC1(C)OB(c2ccc(-c3ccc(-c4ccc5ccccc5c4)cc3)cc2)OC1(C)C. The summed E-state index contributed by atoms with van der Waals surface area (Å²) in [5.41, 5.74) is 5.25. The molecule has 31 heavy (non-hydrogen) atoms. The molecule has 5 rings (SSSR count). The van der Waals surface area contributed by atoms with E-state index >= 15 is 0 Å². The van der Waals surface area contributed by atoms with Crippen LogP contribution in [0, 0.1) is 0 Å². The Morgan fingerprint density at radius 1 is 0.516 bits per heavy atom. The lowest BCUT2D eigenvalue weighted by molar-refractivity contribution is 0.00578. The predicted molar refractivity (Wildman–Crippen MR) is 131 cm³/mol. The Labute approximate surface area is 185 Å². The van der Waals surface area contributed by atoms with Gasteiger partial charge in [-0.15, -0.1) is 0 Å². The molecule has 1 heterocycles. The van der Waals surface area contributed by atoms with E-state index in [4.69, 9.17) is 9.31 Å². The first kappa shape index (κ1) is 20.1. The van der Waals surface area contributed by atoms with E-state index in [1.165, 1.54) is 33.0 Å². The van der Waals surface area contributed by atoms with Crippen LogP contribution in [-0.2, 0) is 9.31 Å². The highest BCUT2D eigenvalue weighted by molar-refractivity contribution is 6.62. The van der Waals surface area contributed by atoms with Crippen molar-refractivity contribution in [3.63, 3.8) is 0 Å². The van der Waals surface area contributed by atoms with Gasteiger partial charge >= 0.3 is 7.12 Å². The maximum Gasteiger partial charge on any atom is 0.494 e. The highest BCUT2D eigenvalue weighted by atomic mass is 16.7. The molecule has 154 valence electrons. The van der Waals surface area contributed by atoms with Gasteiger partial charge in [0.1, 0.15) is 0 Å². The number of fused-ring (bicyclic) bond motifs is 1. The zero-order valence-corrected chi connectivity index (χ0v) is 18.6. The second-order valence-corrected chi connectivity index (χ2v) is 9.35. The first-order valence-electron chi connectivity index (χ1n) is 10.9. The Hall–Kier alpha value is -2.88. The first-order chi connectivity index (χ1) is 14.8. The molecule has 1 fully saturated rings. The van der Waals surface area contributed by atoms with Gasteiger partial charge in [-0.2, -0.15) is 0 Å². The Bertz CT molecular complexity index is 1210. The summed E-state index contributed by atoms with van der Waals surface area (Å²) < 4.78 is 12.3. The van der Waals surface area contributed by atoms with Crippen LogP contribution in [0.3, 0.4) is 0 Å². The normalized spacial score (nSPS) is 17.2. The van der Waals surface area contributed by atoms with Crippen molar-refractivity contribution in [3.05, 3.63) is 91.0 Å². The van der Waals surface area contributed by atoms with Crippen molar-refractivity contribution >= 4 is 23.4 Å². The first-order valence-corrected chi connectivity index (χ1v) is 10.9. The van der Waals surface area contributed by atoms with Crippen LogP contribution in [0.15, 0.2) is 91.0 Å².